The average molecular weight is 372 g/mol. The van der Waals surface area contributed by atoms with Crippen LogP contribution in [0.1, 0.15) is 35.7 Å². The lowest BCUT2D eigenvalue weighted by Gasteiger charge is -2.32. The van der Waals surface area contributed by atoms with Gasteiger partial charge in [-0.3, -0.25) is 4.79 Å². The van der Waals surface area contributed by atoms with Crippen molar-refractivity contribution in [1.82, 2.24) is 4.90 Å². The predicted molar refractivity (Wildman–Crippen MR) is 103 cm³/mol. The van der Waals surface area contributed by atoms with Gasteiger partial charge in [0.05, 0.1) is 16.2 Å². The molecule has 0 spiro atoms. The van der Waals surface area contributed by atoms with E-state index in [1.807, 2.05) is 6.07 Å². The van der Waals surface area contributed by atoms with E-state index in [1.165, 1.54) is 11.6 Å². The zero-order valence-corrected chi connectivity index (χ0v) is 15.9. The molecule has 138 valence electrons. The van der Waals surface area contributed by atoms with Gasteiger partial charge in [0.15, 0.2) is 9.84 Å². The van der Waals surface area contributed by atoms with E-state index in [4.69, 9.17) is 0 Å². The Hall–Kier alpha value is -2.14. The highest BCUT2D eigenvalue weighted by atomic mass is 32.2. The molecule has 0 bridgehead atoms. The Balaban J connectivity index is 1.68. The maximum absolute atomic E-state index is 12.9. The van der Waals surface area contributed by atoms with E-state index in [1.54, 1.807) is 30.0 Å². The van der Waals surface area contributed by atoms with Crippen molar-refractivity contribution in [3.05, 3.63) is 65.7 Å². The van der Waals surface area contributed by atoms with E-state index in [0.717, 1.165) is 19.3 Å². The number of hydrogen-bond acceptors (Lipinski definition) is 3. The van der Waals surface area contributed by atoms with Crippen LogP contribution in [0.4, 0.5) is 0 Å². The summed E-state index contributed by atoms with van der Waals surface area (Å²) in [4.78, 5) is 14.9. The molecule has 0 aromatic heterocycles. The Morgan fingerprint density at radius 2 is 1.62 bits per heavy atom. The van der Waals surface area contributed by atoms with Gasteiger partial charge >= 0.3 is 0 Å². The van der Waals surface area contributed by atoms with E-state index in [2.05, 4.69) is 24.3 Å². The Bertz CT molecular complexity index is 854. The van der Waals surface area contributed by atoms with Gasteiger partial charge < -0.3 is 4.90 Å². The van der Waals surface area contributed by atoms with Crippen molar-refractivity contribution in [3.63, 3.8) is 0 Å². The normalized spacial score (nSPS) is 15.8. The van der Waals surface area contributed by atoms with Crippen molar-refractivity contribution >= 4 is 15.7 Å². The van der Waals surface area contributed by atoms with Crippen molar-refractivity contribution in [1.29, 1.82) is 0 Å². The molecule has 0 N–H and O–H groups in total. The Morgan fingerprint density at radius 3 is 2.27 bits per heavy atom. The fraction of sp³-hybridized carbons (Fsp3) is 0.381. The minimum absolute atomic E-state index is 0.00353. The second-order valence-electron chi connectivity index (χ2n) is 6.82. The third-order valence-corrected chi connectivity index (χ3v) is 6.89. The van der Waals surface area contributed by atoms with E-state index < -0.39 is 9.84 Å². The van der Waals surface area contributed by atoms with E-state index in [9.17, 15) is 13.2 Å². The molecule has 2 aromatic rings. The number of carbonyl (C=O) groups excluding carboxylic acids is 1. The number of amides is 1. The van der Waals surface area contributed by atoms with Gasteiger partial charge in [-0.25, -0.2) is 8.42 Å². The third-order valence-electron chi connectivity index (χ3n) is 5.10. The van der Waals surface area contributed by atoms with Gasteiger partial charge in [-0.15, -0.1) is 0 Å². The first-order valence-corrected chi connectivity index (χ1v) is 10.8. The van der Waals surface area contributed by atoms with E-state index in [-0.39, 0.29) is 16.6 Å². The van der Waals surface area contributed by atoms with Crippen LogP contribution in [-0.2, 0) is 16.3 Å². The predicted octanol–water partition coefficient (Wildman–Crippen LogP) is 3.58. The molecule has 5 heteroatoms. The van der Waals surface area contributed by atoms with Crippen molar-refractivity contribution in [3.8, 4) is 0 Å². The number of nitrogens with zero attached hydrogens (tertiary/aromatic N) is 1. The van der Waals surface area contributed by atoms with Gasteiger partial charge in [0.2, 0.25) is 0 Å². The summed E-state index contributed by atoms with van der Waals surface area (Å²) in [6.07, 6.45) is 2.93. The van der Waals surface area contributed by atoms with Gasteiger partial charge in [-0.1, -0.05) is 49.4 Å². The monoisotopic (exact) mass is 371 g/mol. The van der Waals surface area contributed by atoms with E-state index >= 15 is 0 Å². The molecule has 4 nitrogen and oxygen atoms in total. The molecule has 0 radical (unpaired) electrons. The molecule has 0 unspecified atom stereocenters. The molecule has 2 aromatic carbocycles. The molecular formula is C21H25NO3S. The molecule has 1 saturated heterocycles. The zero-order valence-electron chi connectivity index (χ0n) is 15.1. The maximum Gasteiger partial charge on any atom is 0.255 e. The van der Waals surface area contributed by atoms with Gasteiger partial charge in [0.1, 0.15) is 0 Å². The molecule has 3 rings (SSSR count). The molecular weight excluding hydrogens is 346 g/mol. The second kappa shape index (κ2) is 8.04. The van der Waals surface area contributed by atoms with Crippen LogP contribution >= 0.6 is 0 Å². The van der Waals surface area contributed by atoms with Crippen molar-refractivity contribution in [2.24, 2.45) is 5.92 Å². The fourth-order valence-electron chi connectivity index (χ4n) is 3.53. The maximum atomic E-state index is 12.9. The SMILES string of the molecule is CCS(=O)(=O)c1ccccc1C(=O)N1CCC(Cc2ccccc2)CC1. The van der Waals surface area contributed by atoms with Gasteiger partial charge in [-0.05, 0) is 42.9 Å². The summed E-state index contributed by atoms with van der Waals surface area (Å²) < 4.78 is 24.6. The van der Waals surface area contributed by atoms with Crippen LogP contribution in [0.3, 0.4) is 0 Å². The number of benzene rings is 2. The Labute approximate surface area is 155 Å². The highest BCUT2D eigenvalue weighted by Crippen LogP contribution is 2.25. The van der Waals surface area contributed by atoms with Gasteiger partial charge in [0, 0.05) is 13.1 Å². The minimum Gasteiger partial charge on any atom is -0.339 e. The van der Waals surface area contributed by atoms with Crippen LogP contribution in [0.2, 0.25) is 0 Å². The first-order valence-electron chi connectivity index (χ1n) is 9.16. The van der Waals surface area contributed by atoms with Crippen LogP contribution in [0.5, 0.6) is 0 Å². The first-order chi connectivity index (χ1) is 12.5. The second-order valence-corrected chi connectivity index (χ2v) is 9.07. The number of sulfone groups is 1. The number of piperidine rings is 1. The lowest BCUT2D eigenvalue weighted by atomic mass is 9.90. The van der Waals surface area contributed by atoms with Crippen LogP contribution in [-0.4, -0.2) is 38.1 Å². The fourth-order valence-corrected chi connectivity index (χ4v) is 4.62. The number of rotatable bonds is 5. The Kier molecular flexibility index (Phi) is 5.77. The molecule has 1 aliphatic heterocycles. The summed E-state index contributed by atoms with van der Waals surface area (Å²) in [6, 6.07) is 17.0. The highest BCUT2D eigenvalue weighted by molar-refractivity contribution is 7.91. The molecule has 26 heavy (non-hydrogen) atoms. The van der Waals surface area contributed by atoms with Crippen molar-refractivity contribution < 1.29 is 13.2 Å². The number of likely N-dealkylation sites (tertiary alicyclic amines) is 1. The minimum atomic E-state index is -3.41. The summed E-state index contributed by atoms with van der Waals surface area (Å²) in [5.41, 5.74) is 1.63. The molecule has 1 aliphatic rings. The summed E-state index contributed by atoms with van der Waals surface area (Å²) in [5, 5.41) is 0. The summed E-state index contributed by atoms with van der Waals surface area (Å²) >= 11 is 0. The van der Waals surface area contributed by atoms with Gasteiger partial charge in [0.25, 0.3) is 5.91 Å². The summed E-state index contributed by atoms with van der Waals surface area (Å²) in [6.45, 7) is 2.96. The molecule has 0 saturated carbocycles. The lowest BCUT2D eigenvalue weighted by molar-refractivity contribution is 0.0686. The zero-order chi connectivity index (χ0) is 18.6. The largest absolute Gasteiger partial charge is 0.339 e. The molecule has 1 fully saturated rings. The molecule has 0 atom stereocenters. The third kappa shape index (κ3) is 4.15. The van der Waals surface area contributed by atoms with Crippen LogP contribution in [0.25, 0.3) is 0 Å². The summed E-state index contributed by atoms with van der Waals surface area (Å²) in [5.74, 6) is 0.392. The molecule has 1 amide bonds. The quantitative estimate of drug-likeness (QED) is 0.807. The number of carbonyl (C=O) groups is 1. The van der Waals surface area contributed by atoms with E-state index in [0.29, 0.717) is 24.6 Å². The molecule has 0 aliphatic carbocycles. The number of hydrogen-bond donors (Lipinski definition) is 0. The lowest BCUT2D eigenvalue weighted by Crippen LogP contribution is -2.39. The van der Waals surface area contributed by atoms with Crippen molar-refractivity contribution in [2.45, 2.75) is 31.1 Å². The van der Waals surface area contributed by atoms with Crippen LogP contribution < -0.4 is 0 Å². The van der Waals surface area contributed by atoms with Crippen molar-refractivity contribution in [2.75, 3.05) is 18.8 Å². The molecule has 1 heterocycles. The average Bonchev–Trinajstić information content (AvgIpc) is 2.69. The Morgan fingerprint density at radius 1 is 1.00 bits per heavy atom. The highest BCUT2D eigenvalue weighted by Gasteiger charge is 2.27. The first kappa shape index (κ1) is 18.6. The van der Waals surface area contributed by atoms with Crippen LogP contribution in [0, 0.1) is 5.92 Å². The standard InChI is InChI=1S/C21H25NO3S/c1-2-26(24,25)20-11-7-6-10-19(20)21(23)22-14-12-18(13-15-22)16-17-8-4-3-5-9-17/h3-11,18H,2,12-16H2,1H3. The van der Waals surface area contributed by atoms with Gasteiger partial charge in [-0.2, -0.15) is 0 Å². The smallest absolute Gasteiger partial charge is 0.255 e. The van der Waals surface area contributed by atoms with Crippen LogP contribution in [0.15, 0.2) is 59.5 Å². The summed E-state index contributed by atoms with van der Waals surface area (Å²) in [7, 11) is -3.41. The topological polar surface area (TPSA) is 54.5 Å².